The molecule has 1 aliphatic carbocycles. The van der Waals surface area contributed by atoms with Crippen LogP contribution in [0.1, 0.15) is 44.6 Å². The standard InChI is InChI=1S/C28H35N3O6S/c1-19-8-10-22(11-9-19)29-26(32)17-38(35)18-27(33)31(20(2)28(34)30-21-6-4-3-5-7-21)23-12-13-24-25(16-23)37-15-14-36-24/h8-13,16,20-21H,3-7,14-15,17-18H2,1-2H3,(H,29,32)(H,30,34)/t20-,38-/m1/s1. The van der Waals surface area contributed by atoms with Crippen LogP contribution in [0.4, 0.5) is 11.4 Å². The van der Waals surface area contributed by atoms with Gasteiger partial charge in [-0.05, 0) is 51.0 Å². The number of rotatable bonds is 9. The molecule has 0 unspecified atom stereocenters. The van der Waals surface area contributed by atoms with Gasteiger partial charge >= 0.3 is 0 Å². The van der Waals surface area contributed by atoms with Crippen molar-refractivity contribution in [3.8, 4) is 11.5 Å². The topological polar surface area (TPSA) is 114 Å². The van der Waals surface area contributed by atoms with Crippen LogP contribution in [-0.2, 0) is 25.2 Å². The largest absolute Gasteiger partial charge is 0.486 e. The number of benzene rings is 2. The van der Waals surface area contributed by atoms with Crippen LogP contribution in [0, 0.1) is 6.92 Å². The highest BCUT2D eigenvalue weighted by molar-refractivity contribution is 7.86. The molecule has 1 saturated carbocycles. The van der Waals surface area contributed by atoms with E-state index in [1.54, 1.807) is 37.3 Å². The van der Waals surface area contributed by atoms with Crippen molar-refractivity contribution < 1.29 is 28.1 Å². The molecule has 2 atom stereocenters. The van der Waals surface area contributed by atoms with E-state index in [9.17, 15) is 18.6 Å². The van der Waals surface area contributed by atoms with Crippen LogP contribution < -0.4 is 25.0 Å². The molecule has 4 rings (SSSR count). The van der Waals surface area contributed by atoms with Crippen LogP contribution >= 0.6 is 0 Å². The number of anilines is 2. The second-order valence-corrected chi connectivity index (χ2v) is 11.2. The summed E-state index contributed by atoms with van der Waals surface area (Å²) in [6.45, 7) is 4.40. The van der Waals surface area contributed by atoms with Crippen molar-refractivity contribution in [3.05, 3.63) is 48.0 Å². The van der Waals surface area contributed by atoms with Crippen molar-refractivity contribution in [2.45, 2.75) is 58.0 Å². The van der Waals surface area contributed by atoms with Gasteiger partial charge in [0.2, 0.25) is 17.7 Å². The van der Waals surface area contributed by atoms with Crippen LogP contribution in [0.5, 0.6) is 11.5 Å². The number of hydrogen-bond acceptors (Lipinski definition) is 6. The third kappa shape index (κ3) is 7.34. The van der Waals surface area contributed by atoms with Crippen LogP contribution in [-0.4, -0.2) is 58.7 Å². The van der Waals surface area contributed by atoms with E-state index < -0.39 is 34.4 Å². The van der Waals surface area contributed by atoms with Gasteiger partial charge in [0.25, 0.3) is 0 Å². The molecule has 2 N–H and O–H groups in total. The van der Waals surface area contributed by atoms with Crippen molar-refractivity contribution >= 4 is 39.9 Å². The summed E-state index contributed by atoms with van der Waals surface area (Å²) in [5, 5.41) is 5.78. The van der Waals surface area contributed by atoms with Crippen LogP contribution in [0.25, 0.3) is 0 Å². The molecule has 1 aliphatic heterocycles. The maximum atomic E-state index is 13.5. The van der Waals surface area contributed by atoms with E-state index in [4.69, 9.17) is 9.47 Å². The van der Waals surface area contributed by atoms with Crippen LogP contribution in [0.15, 0.2) is 42.5 Å². The van der Waals surface area contributed by atoms with Crippen molar-refractivity contribution in [3.63, 3.8) is 0 Å². The number of carbonyl (C=O) groups excluding carboxylic acids is 3. The summed E-state index contributed by atoms with van der Waals surface area (Å²) in [6.07, 6.45) is 5.11. The first-order valence-electron chi connectivity index (χ1n) is 13.0. The van der Waals surface area contributed by atoms with Crippen molar-refractivity contribution in [2.24, 2.45) is 0 Å². The molecule has 2 aromatic carbocycles. The number of amides is 3. The highest BCUT2D eigenvalue weighted by Crippen LogP contribution is 2.35. The number of nitrogens with zero attached hydrogens (tertiary/aromatic N) is 1. The summed E-state index contributed by atoms with van der Waals surface area (Å²) in [7, 11) is -1.78. The number of nitrogens with one attached hydrogen (secondary N) is 2. The Morgan fingerprint density at radius 3 is 2.37 bits per heavy atom. The molecule has 0 radical (unpaired) electrons. The first-order chi connectivity index (χ1) is 18.3. The summed E-state index contributed by atoms with van der Waals surface area (Å²) in [5.74, 6) is -0.951. The number of aryl methyl sites for hydroxylation is 1. The predicted molar refractivity (Wildman–Crippen MR) is 147 cm³/mol. The van der Waals surface area contributed by atoms with Crippen molar-refractivity contribution in [1.82, 2.24) is 5.32 Å². The van der Waals surface area contributed by atoms with E-state index in [1.807, 2.05) is 19.1 Å². The average molecular weight is 542 g/mol. The monoisotopic (exact) mass is 541 g/mol. The van der Waals surface area contributed by atoms with Gasteiger partial charge in [-0.1, -0.05) is 37.0 Å². The fourth-order valence-electron chi connectivity index (χ4n) is 4.69. The summed E-state index contributed by atoms with van der Waals surface area (Å²) >= 11 is 0. The van der Waals surface area contributed by atoms with E-state index in [2.05, 4.69) is 10.6 Å². The van der Waals surface area contributed by atoms with Gasteiger partial charge in [-0.15, -0.1) is 0 Å². The maximum absolute atomic E-state index is 13.5. The van der Waals surface area contributed by atoms with E-state index in [1.165, 1.54) is 4.90 Å². The highest BCUT2D eigenvalue weighted by atomic mass is 32.2. The third-order valence-corrected chi connectivity index (χ3v) is 7.86. The Hall–Kier alpha value is -3.40. The minimum atomic E-state index is -1.78. The van der Waals surface area contributed by atoms with Crippen molar-refractivity contribution in [1.29, 1.82) is 0 Å². The third-order valence-electron chi connectivity index (χ3n) is 6.70. The summed E-state index contributed by atoms with van der Waals surface area (Å²) in [4.78, 5) is 40.5. The number of hydrogen-bond donors (Lipinski definition) is 2. The van der Waals surface area contributed by atoms with Gasteiger partial charge in [0.15, 0.2) is 11.5 Å². The first kappa shape index (κ1) is 27.6. The fourth-order valence-corrected chi connectivity index (χ4v) is 5.57. The van der Waals surface area contributed by atoms with Gasteiger partial charge in [0.1, 0.15) is 30.8 Å². The fraction of sp³-hybridized carbons (Fsp3) is 0.464. The SMILES string of the molecule is Cc1ccc(NC(=O)C[S@@](=O)CC(=O)N(c2ccc3c(c2)OCCO3)[C@H](C)C(=O)NC2CCCCC2)cc1. The lowest BCUT2D eigenvalue weighted by Crippen LogP contribution is -2.52. The summed E-state index contributed by atoms with van der Waals surface area (Å²) in [6, 6.07) is 11.5. The van der Waals surface area contributed by atoms with E-state index in [-0.39, 0.29) is 17.7 Å². The Morgan fingerprint density at radius 2 is 1.66 bits per heavy atom. The van der Waals surface area contributed by atoms with Gasteiger partial charge in [-0.25, -0.2) is 0 Å². The number of ether oxygens (including phenoxy) is 2. The van der Waals surface area contributed by atoms with E-state index in [0.717, 1.165) is 37.7 Å². The van der Waals surface area contributed by atoms with Gasteiger partial charge in [0, 0.05) is 34.3 Å². The van der Waals surface area contributed by atoms with Crippen molar-refractivity contribution in [2.75, 3.05) is 34.9 Å². The lowest BCUT2D eigenvalue weighted by Gasteiger charge is -2.31. The van der Waals surface area contributed by atoms with Gasteiger partial charge < -0.3 is 20.1 Å². The Balaban J connectivity index is 1.46. The minimum Gasteiger partial charge on any atom is -0.486 e. The molecule has 10 heteroatoms. The zero-order valence-electron chi connectivity index (χ0n) is 21.9. The highest BCUT2D eigenvalue weighted by Gasteiger charge is 2.31. The molecular formula is C28H35N3O6S. The Labute approximate surface area is 225 Å². The molecule has 0 saturated heterocycles. The Morgan fingerprint density at radius 1 is 0.974 bits per heavy atom. The van der Waals surface area contributed by atoms with Gasteiger partial charge in [-0.2, -0.15) is 0 Å². The minimum absolute atomic E-state index is 0.0792. The lowest BCUT2D eigenvalue weighted by atomic mass is 9.95. The molecule has 1 fully saturated rings. The second kappa shape index (κ2) is 12.9. The second-order valence-electron chi connectivity index (χ2n) is 9.75. The van der Waals surface area contributed by atoms with Gasteiger partial charge in [-0.3, -0.25) is 23.5 Å². The van der Waals surface area contributed by atoms with E-state index in [0.29, 0.717) is 36.1 Å². The molecule has 9 nitrogen and oxygen atoms in total. The number of fused-ring (bicyclic) bond motifs is 1. The molecule has 1 heterocycles. The molecule has 0 spiro atoms. The zero-order chi connectivity index (χ0) is 27.1. The maximum Gasteiger partial charge on any atom is 0.243 e. The predicted octanol–water partition coefficient (Wildman–Crippen LogP) is 3.32. The van der Waals surface area contributed by atoms with Gasteiger partial charge in [0.05, 0.1) is 0 Å². The Kier molecular flexibility index (Phi) is 9.38. The molecule has 0 bridgehead atoms. The molecular weight excluding hydrogens is 506 g/mol. The summed E-state index contributed by atoms with van der Waals surface area (Å²) in [5.41, 5.74) is 2.08. The van der Waals surface area contributed by atoms with Crippen LogP contribution in [0.3, 0.4) is 0 Å². The van der Waals surface area contributed by atoms with Crippen LogP contribution in [0.2, 0.25) is 0 Å². The first-order valence-corrected chi connectivity index (χ1v) is 14.5. The van der Waals surface area contributed by atoms with E-state index >= 15 is 0 Å². The molecule has 38 heavy (non-hydrogen) atoms. The molecule has 204 valence electrons. The molecule has 3 amide bonds. The average Bonchev–Trinajstić information content (AvgIpc) is 2.90. The molecule has 0 aromatic heterocycles. The quantitative estimate of drug-likeness (QED) is 0.504. The molecule has 2 aliphatic rings. The molecule has 2 aromatic rings. The number of carbonyl (C=O) groups is 3. The smallest absolute Gasteiger partial charge is 0.243 e. The normalized spacial score (nSPS) is 16.7. The lowest BCUT2D eigenvalue weighted by molar-refractivity contribution is -0.126. The zero-order valence-corrected chi connectivity index (χ0v) is 22.7. The summed E-state index contributed by atoms with van der Waals surface area (Å²) < 4.78 is 24.1. The Bertz CT molecular complexity index is 1180.